The molecule has 0 aliphatic carbocycles. The van der Waals surface area contributed by atoms with Gasteiger partial charge in [0.05, 0.1) is 47.3 Å². The third-order valence-corrected chi connectivity index (χ3v) is 6.14. The summed E-state index contributed by atoms with van der Waals surface area (Å²) in [4.78, 5) is 27.8. The molecule has 5 rings (SSSR count). The van der Waals surface area contributed by atoms with Crippen molar-refractivity contribution in [2.75, 3.05) is 24.5 Å². The van der Waals surface area contributed by atoms with E-state index in [4.69, 9.17) is 0 Å². The number of piperidine rings is 1. The number of amides is 1. The van der Waals surface area contributed by atoms with Crippen LogP contribution in [0.2, 0.25) is 0 Å². The lowest BCUT2D eigenvalue weighted by atomic mass is 9.82. The first-order chi connectivity index (χ1) is 14.5. The number of hydrogen-bond acceptors (Lipinski definition) is 6. The van der Waals surface area contributed by atoms with Gasteiger partial charge in [-0.1, -0.05) is 0 Å². The number of halogens is 1. The fourth-order valence-corrected chi connectivity index (χ4v) is 4.28. The lowest BCUT2D eigenvalue weighted by Gasteiger charge is -2.54. The number of anilines is 1. The van der Waals surface area contributed by atoms with Crippen LogP contribution in [0.5, 0.6) is 0 Å². The zero-order valence-corrected chi connectivity index (χ0v) is 16.9. The van der Waals surface area contributed by atoms with Gasteiger partial charge < -0.3 is 9.80 Å². The second-order valence-electron chi connectivity index (χ2n) is 7.90. The van der Waals surface area contributed by atoms with E-state index in [1.807, 2.05) is 13.8 Å². The van der Waals surface area contributed by atoms with Gasteiger partial charge in [0.1, 0.15) is 11.6 Å². The Morgan fingerprint density at radius 1 is 1.13 bits per heavy atom. The van der Waals surface area contributed by atoms with Crippen LogP contribution in [-0.4, -0.2) is 61.4 Å². The van der Waals surface area contributed by atoms with E-state index >= 15 is 0 Å². The molecule has 1 amide bonds. The number of likely N-dealkylation sites (tertiary alicyclic amines) is 1. The van der Waals surface area contributed by atoms with Crippen LogP contribution >= 0.6 is 0 Å². The molecule has 2 aromatic heterocycles. The molecule has 2 unspecified atom stereocenters. The maximum absolute atomic E-state index is 14.0. The molecule has 1 aromatic carbocycles. The summed E-state index contributed by atoms with van der Waals surface area (Å²) in [6.07, 6.45) is 5.77. The molecule has 0 radical (unpaired) electrons. The summed E-state index contributed by atoms with van der Waals surface area (Å²) >= 11 is 0. The van der Waals surface area contributed by atoms with E-state index in [0.29, 0.717) is 24.7 Å². The normalized spacial score (nSPS) is 20.6. The van der Waals surface area contributed by atoms with Crippen LogP contribution in [0.1, 0.15) is 28.2 Å². The Hall–Kier alpha value is -3.36. The van der Waals surface area contributed by atoms with Gasteiger partial charge in [0.15, 0.2) is 0 Å². The third-order valence-electron chi connectivity index (χ3n) is 6.14. The Labute approximate surface area is 173 Å². The molecular weight excluding hydrogens is 385 g/mol. The Bertz CT molecular complexity index is 1100. The molecule has 0 saturated carbocycles. The number of carbonyl (C=O) groups excluding carboxylic acids is 1. The molecular formula is C21H22FN7O. The van der Waals surface area contributed by atoms with Crippen LogP contribution in [0, 0.1) is 25.6 Å². The average Bonchev–Trinajstić information content (AvgIpc) is 3.25. The number of aryl methyl sites for hydroxylation is 2. The van der Waals surface area contributed by atoms with E-state index in [-0.39, 0.29) is 17.5 Å². The fourth-order valence-electron chi connectivity index (χ4n) is 4.28. The Morgan fingerprint density at radius 2 is 1.93 bits per heavy atom. The summed E-state index contributed by atoms with van der Waals surface area (Å²) in [5.74, 6) is 0.705. The Morgan fingerprint density at radius 3 is 2.70 bits per heavy atom. The van der Waals surface area contributed by atoms with Crippen molar-refractivity contribution < 1.29 is 9.18 Å². The third kappa shape index (κ3) is 3.10. The molecule has 0 spiro atoms. The van der Waals surface area contributed by atoms with Gasteiger partial charge in [-0.3, -0.25) is 9.78 Å². The van der Waals surface area contributed by atoms with Crippen molar-refractivity contribution in [1.29, 1.82) is 0 Å². The molecule has 30 heavy (non-hydrogen) atoms. The molecule has 9 heteroatoms. The number of carbonyl (C=O) groups is 1. The topological polar surface area (TPSA) is 80.0 Å². The smallest absolute Gasteiger partial charge is 0.256 e. The zero-order chi connectivity index (χ0) is 20.8. The molecule has 154 valence electrons. The number of aromatic nitrogens is 5. The van der Waals surface area contributed by atoms with E-state index in [1.165, 1.54) is 35.4 Å². The quantitative estimate of drug-likeness (QED) is 0.662. The number of nitrogens with zero attached hydrogens (tertiary/aromatic N) is 7. The molecule has 2 fully saturated rings. The van der Waals surface area contributed by atoms with Gasteiger partial charge in [-0.05, 0) is 38.5 Å². The zero-order valence-electron chi connectivity index (χ0n) is 16.9. The number of fused-ring (bicyclic) bond motifs is 1. The highest BCUT2D eigenvalue weighted by Gasteiger charge is 2.44. The minimum absolute atomic E-state index is 0.193. The van der Waals surface area contributed by atoms with Crippen molar-refractivity contribution in [3.05, 3.63) is 59.6 Å². The summed E-state index contributed by atoms with van der Waals surface area (Å²) in [6.45, 7) is 6.04. The van der Waals surface area contributed by atoms with Crippen molar-refractivity contribution in [2.24, 2.45) is 5.92 Å². The van der Waals surface area contributed by atoms with Crippen molar-refractivity contribution >= 4 is 11.7 Å². The van der Waals surface area contributed by atoms with Crippen molar-refractivity contribution in [2.45, 2.75) is 26.3 Å². The lowest BCUT2D eigenvalue weighted by Crippen LogP contribution is -2.65. The van der Waals surface area contributed by atoms with Crippen LogP contribution < -0.4 is 4.90 Å². The van der Waals surface area contributed by atoms with Crippen LogP contribution in [0.15, 0.2) is 36.8 Å². The van der Waals surface area contributed by atoms with Crippen molar-refractivity contribution in [1.82, 2.24) is 29.9 Å². The largest absolute Gasteiger partial charge is 0.350 e. The Kier molecular flexibility index (Phi) is 4.45. The summed E-state index contributed by atoms with van der Waals surface area (Å²) < 4.78 is 14.0. The standard InChI is InChI=1S/C21H22FN7O/c1-13-14(2)26-20(10-23-13)28-11-15-5-8-27(12-19(15)28)21(30)17-9-16(22)3-4-18(17)29-24-6-7-25-29/h3-4,6-7,9-10,15,19H,5,8,11-12H2,1-2H3. The molecule has 2 saturated heterocycles. The first-order valence-electron chi connectivity index (χ1n) is 10.0. The first-order valence-corrected chi connectivity index (χ1v) is 10.0. The van der Waals surface area contributed by atoms with E-state index in [2.05, 4.69) is 25.1 Å². The average molecular weight is 407 g/mol. The van der Waals surface area contributed by atoms with Crippen LogP contribution in [0.25, 0.3) is 5.69 Å². The summed E-state index contributed by atoms with van der Waals surface area (Å²) in [6, 6.07) is 4.31. The van der Waals surface area contributed by atoms with Crippen molar-refractivity contribution in [3.63, 3.8) is 0 Å². The lowest BCUT2D eigenvalue weighted by molar-refractivity contribution is 0.0590. The van der Waals surface area contributed by atoms with Gasteiger partial charge in [0, 0.05) is 25.6 Å². The predicted octanol–water partition coefficient (Wildman–Crippen LogP) is 2.16. The van der Waals surface area contributed by atoms with Gasteiger partial charge in [0.2, 0.25) is 0 Å². The van der Waals surface area contributed by atoms with Gasteiger partial charge >= 0.3 is 0 Å². The molecule has 3 aromatic rings. The minimum atomic E-state index is -0.459. The summed E-state index contributed by atoms with van der Waals surface area (Å²) in [5, 5.41) is 8.20. The SMILES string of the molecule is Cc1ncc(N2CC3CCN(C(=O)c4cc(F)ccc4-n4nccn4)CC32)nc1C. The second kappa shape index (κ2) is 7.16. The van der Waals surface area contributed by atoms with Crippen LogP contribution in [-0.2, 0) is 0 Å². The molecule has 2 atom stereocenters. The van der Waals surface area contributed by atoms with Crippen LogP contribution in [0.4, 0.5) is 10.2 Å². The molecule has 0 bridgehead atoms. The molecule has 2 aliphatic heterocycles. The minimum Gasteiger partial charge on any atom is -0.350 e. The molecule has 0 N–H and O–H groups in total. The number of rotatable bonds is 3. The monoisotopic (exact) mass is 407 g/mol. The van der Waals surface area contributed by atoms with Gasteiger partial charge in [-0.25, -0.2) is 9.37 Å². The highest BCUT2D eigenvalue weighted by molar-refractivity contribution is 5.97. The van der Waals surface area contributed by atoms with Gasteiger partial charge in [-0.2, -0.15) is 15.0 Å². The van der Waals surface area contributed by atoms with Gasteiger partial charge in [-0.15, -0.1) is 0 Å². The van der Waals surface area contributed by atoms with Crippen LogP contribution in [0.3, 0.4) is 0 Å². The summed E-state index contributed by atoms with van der Waals surface area (Å²) in [5.41, 5.74) is 2.57. The number of benzene rings is 1. The van der Waals surface area contributed by atoms with E-state index in [9.17, 15) is 9.18 Å². The van der Waals surface area contributed by atoms with E-state index < -0.39 is 5.82 Å². The van der Waals surface area contributed by atoms with E-state index in [1.54, 1.807) is 11.1 Å². The second-order valence-corrected chi connectivity index (χ2v) is 7.90. The molecule has 8 nitrogen and oxygen atoms in total. The van der Waals surface area contributed by atoms with Crippen molar-refractivity contribution in [3.8, 4) is 5.69 Å². The number of hydrogen-bond donors (Lipinski definition) is 0. The highest BCUT2D eigenvalue weighted by Crippen LogP contribution is 2.36. The first kappa shape index (κ1) is 18.7. The maximum atomic E-state index is 14.0. The van der Waals surface area contributed by atoms with E-state index in [0.717, 1.165) is 30.2 Å². The molecule has 2 aliphatic rings. The molecule has 4 heterocycles. The summed E-state index contributed by atoms with van der Waals surface area (Å²) in [7, 11) is 0. The fraction of sp³-hybridized carbons (Fsp3) is 0.381. The van der Waals surface area contributed by atoms with Gasteiger partial charge in [0.25, 0.3) is 5.91 Å². The Balaban J connectivity index is 1.39. The predicted molar refractivity (Wildman–Crippen MR) is 108 cm³/mol. The maximum Gasteiger partial charge on any atom is 0.256 e. The highest BCUT2D eigenvalue weighted by atomic mass is 19.1.